The van der Waals surface area contributed by atoms with Crippen molar-refractivity contribution in [2.24, 2.45) is 0 Å². The van der Waals surface area contributed by atoms with Crippen molar-refractivity contribution < 1.29 is 9.53 Å². The Balaban J connectivity index is 1.58. The fourth-order valence-corrected chi connectivity index (χ4v) is 2.18. The lowest BCUT2D eigenvalue weighted by Gasteiger charge is -2.38. The molecule has 94 valence electrons. The molecule has 0 bridgehead atoms. The number of hydrogen-bond donors (Lipinski definition) is 2. The maximum absolute atomic E-state index is 11.5. The van der Waals surface area contributed by atoms with E-state index in [2.05, 4.69) is 15.6 Å². The molecule has 17 heavy (non-hydrogen) atoms. The van der Waals surface area contributed by atoms with Gasteiger partial charge in [-0.2, -0.15) is 0 Å². The van der Waals surface area contributed by atoms with Crippen molar-refractivity contribution in [3.05, 3.63) is 16.6 Å². The SMILES string of the molecule is CC1(OCC(=O)NCCc2nccs2)CNC1. The first-order chi connectivity index (χ1) is 8.18. The van der Waals surface area contributed by atoms with Crippen molar-refractivity contribution in [3.8, 4) is 0 Å². The quantitative estimate of drug-likeness (QED) is 0.761. The molecular weight excluding hydrogens is 238 g/mol. The van der Waals surface area contributed by atoms with Crippen LogP contribution in [0, 0.1) is 0 Å². The highest BCUT2D eigenvalue weighted by Gasteiger charge is 2.32. The van der Waals surface area contributed by atoms with E-state index in [4.69, 9.17) is 4.74 Å². The number of amides is 1. The van der Waals surface area contributed by atoms with Crippen LogP contribution in [0.1, 0.15) is 11.9 Å². The van der Waals surface area contributed by atoms with Gasteiger partial charge < -0.3 is 15.4 Å². The minimum atomic E-state index is -0.160. The number of nitrogens with one attached hydrogen (secondary N) is 2. The Morgan fingerprint density at radius 3 is 3.12 bits per heavy atom. The summed E-state index contributed by atoms with van der Waals surface area (Å²) >= 11 is 1.60. The average Bonchev–Trinajstić information content (AvgIpc) is 2.77. The number of nitrogens with zero attached hydrogens (tertiary/aromatic N) is 1. The first-order valence-electron chi connectivity index (χ1n) is 5.68. The number of ether oxygens (including phenoxy) is 1. The summed E-state index contributed by atoms with van der Waals surface area (Å²) in [5, 5.41) is 8.93. The maximum atomic E-state index is 11.5. The predicted molar refractivity (Wildman–Crippen MR) is 66.1 cm³/mol. The molecule has 1 aromatic heterocycles. The van der Waals surface area contributed by atoms with E-state index in [9.17, 15) is 4.79 Å². The molecule has 0 atom stereocenters. The number of aromatic nitrogens is 1. The van der Waals surface area contributed by atoms with E-state index >= 15 is 0 Å². The van der Waals surface area contributed by atoms with Gasteiger partial charge in [0.15, 0.2) is 0 Å². The second kappa shape index (κ2) is 5.57. The summed E-state index contributed by atoms with van der Waals surface area (Å²) in [6.45, 7) is 4.39. The zero-order valence-corrected chi connectivity index (χ0v) is 10.7. The van der Waals surface area contributed by atoms with Crippen LogP contribution in [-0.2, 0) is 16.0 Å². The van der Waals surface area contributed by atoms with E-state index in [-0.39, 0.29) is 18.1 Å². The molecule has 6 heteroatoms. The van der Waals surface area contributed by atoms with Crippen molar-refractivity contribution in [2.75, 3.05) is 26.2 Å². The topological polar surface area (TPSA) is 63.2 Å². The van der Waals surface area contributed by atoms with E-state index in [0.717, 1.165) is 24.5 Å². The summed E-state index contributed by atoms with van der Waals surface area (Å²) in [5.74, 6) is -0.0605. The van der Waals surface area contributed by atoms with Crippen LogP contribution in [0.4, 0.5) is 0 Å². The number of carbonyl (C=O) groups is 1. The predicted octanol–water partition coefficient (Wildman–Crippen LogP) is 0.180. The normalized spacial score (nSPS) is 17.5. The second-order valence-electron chi connectivity index (χ2n) is 4.37. The summed E-state index contributed by atoms with van der Waals surface area (Å²) in [6, 6.07) is 0. The molecule has 1 amide bonds. The van der Waals surface area contributed by atoms with Crippen molar-refractivity contribution in [1.82, 2.24) is 15.6 Å². The molecule has 1 saturated heterocycles. The molecule has 2 rings (SSSR count). The summed E-state index contributed by atoms with van der Waals surface area (Å²) in [6.07, 6.45) is 2.55. The van der Waals surface area contributed by atoms with Crippen molar-refractivity contribution in [1.29, 1.82) is 0 Å². The van der Waals surface area contributed by atoms with Crippen molar-refractivity contribution >= 4 is 17.2 Å². The lowest BCUT2D eigenvalue weighted by molar-refractivity contribution is -0.135. The molecule has 1 aliphatic heterocycles. The van der Waals surface area contributed by atoms with Crippen LogP contribution < -0.4 is 10.6 Å². The third kappa shape index (κ3) is 3.76. The number of carbonyl (C=O) groups excluding carboxylic acids is 1. The molecule has 0 saturated carbocycles. The molecule has 0 aliphatic carbocycles. The summed E-state index contributed by atoms with van der Waals surface area (Å²) in [7, 11) is 0. The van der Waals surface area contributed by atoms with Crippen LogP contribution in [0.3, 0.4) is 0 Å². The monoisotopic (exact) mass is 255 g/mol. The van der Waals surface area contributed by atoms with E-state index in [1.165, 1.54) is 0 Å². The van der Waals surface area contributed by atoms with Crippen LogP contribution in [0.2, 0.25) is 0 Å². The van der Waals surface area contributed by atoms with Gasteiger partial charge in [0.2, 0.25) is 5.91 Å². The molecule has 0 aromatic carbocycles. The fraction of sp³-hybridized carbons (Fsp3) is 0.636. The summed E-state index contributed by atoms with van der Waals surface area (Å²) in [4.78, 5) is 15.6. The Morgan fingerprint density at radius 2 is 2.53 bits per heavy atom. The molecular formula is C11H17N3O2S. The fourth-order valence-electron chi connectivity index (χ4n) is 1.56. The van der Waals surface area contributed by atoms with Gasteiger partial charge in [-0.1, -0.05) is 0 Å². The smallest absolute Gasteiger partial charge is 0.246 e. The largest absolute Gasteiger partial charge is 0.363 e. The molecule has 5 nitrogen and oxygen atoms in total. The van der Waals surface area contributed by atoms with Gasteiger partial charge >= 0.3 is 0 Å². The zero-order chi connectivity index (χ0) is 12.1. The Hall–Kier alpha value is -0.980. The lowest BCUT2D eigenvalue weighted by Crippen LogP contribution is -2.59. The molecule has 1 aliphatic rings. The Bertz CT molecular complexity index is 363. The third-order valence-corrected chi connectivity index (χ3v) is 3.53. The molecule has 0 unspecified atom stereocenters. The Kier molecular flexibility index (Phi) is 4.09. The summed E-state index contributed by atoms with van der Waals surface area (Å²) < 4.78 is 5.53. The van der Waals surface area contributed by atoms with Crippen LogP contribution >= 0.6 is 11.3 Å². The molecule has 2 N–H and O–H groups in total. The lowest BCUT2D eigenvalue weighted by atomic mass is 10.0. The van der Waals surface area contributed by atoms with Crippen molar-refractivity contribution in [3.63, 3.8) is 0 Å². The van der Waals surface area contributed by atoms with Gasteiger partial charge in [-0.25, -0.2) is 4.98 Å². The Morgan fingerprint density at radius 1 is 1.71 bits per heavy atom. The summed E-state index contributed by atoms with van der Waals surface area (Å²) in [5.41, 5.74) is -0.160. The first kappa shape index (κ1) is 12.5. The number of rotatable bonds is 6. The van der Waals surface area contributed by atoms with Gasteiger partial charge in [0, 0.05) is 37.6 Å². The maximum Gasteiger partial charge on any atom is 0.246 e. The minimum absolute atomic E-state index is 0.0605. The molecule has 1 aromatic rings. The van der Waals surface area contributed by atoms with E-state index in [1.807, 2.05) is 12.3 Å². The van der Waals surface area contributed by atoms with Gasteiger partial charge in [-0.15, -0.1) is 11.3 Å². The van der Waals surface area contributed by atoms with E-state index in [1.54, 1.807) is 17.5 Å². The molecule has 1 fully saturated rings. The van der Waals surface area contributed by atoms with Crippen LogP contribution in [0.5, 0.6) is 0 Å². The Labute approximate surface area is 105 Å². The standard InChI is InChI=1S/C11H17N3O2S/c1-11(7-12-8-11)16-6-9(15)13-3-2-10-14-4-5-17-10/h4-5,12H,2-3,6-8H2,1H3,(H,13,15). The molecule has 0 spiro atoms. The van der Waals surface area contributed by atoms with E-state index in [0.29, 0.717) is 6.54 Å². The van der Waals surface area contributed by atoms with Crippen molar-refractivity contribution in [2.45, 2.75) is 18.9 Å². The minimum Gasteiger partial charge on any atom is -0.363 e. The number of thiazole rings is 1. The van der Waals surface area contributed by atoms with Gasteiger partial charge in [-0.3, -0.25) is 4.79 Å². The average molecular weight is 255 g/mol. The second-order valence-corrected chi connectivity index (χ2v) is 5.35. The first-order valence-corrected chi connectivity index (χ1v) is 6.56. The highest BCUT2D eigenvalue weighted by atomic mass is 32.1. The molecule has 0 radical (unpaired) electrons. The van der Waals surface area contributed by atoms with Crippen LogP contribution in [-0.4, -0.2) is 42.7 Å². The van der Waals surface area contributed by atoms with Gasteiger partial charge in [0.1, 0.15) is 6.61 Å². The zero-order valence-electron chi connectivity index (χ0n) is 9.86. The van der Waals surface area contributed by atoms with Gasteiger partial charge in [0.05, 0.1) is 10.6 Å². The number of hydrogen-bond acceptors (Lipinski definition) is 5. The third-order valence-electron chi connectivity index (χ3n) is 2.69. The highest BCUT2D eigenvalue weighted by molar-refractivity contribution is 7.09. The van der Waals surface area contributed by atoms with Crippen LogP contribution in [0.15, 0.2) is 11.6 Å². The van der Waals surface area contributed by atoms with Gasteiger partial charge in [0.25, 0.3) is 0 Å². The van der Waals surface area contributed by atoms with E-state index < -0.39 is 0 Å². The van der Waals surface area contributed by atoms with Gasteiger partial charge in [-0.05, 0) is 6.92 Å². The highest BCUT2D eigenvalue weighted by Crippen LogP contribution is 2.14. The molecule has 2 heterocycles. The van der Waals surface area contributed by atoms with Crippen LogP contribution in [0.25, 0.3) is 0 Å².